The molecule has 0 bridgehead atoms. The molecule has 1 aromatic carbocycles. The number of halogens is 1. The van der Waals surface area contributed by atoms with Gasteiger partial charge in [-0.2, -0.15) is 0 Å². The van der Waals surface area contributed by atoms with Crippen molar-refractivity contribution in [3.8, 4) is 22.9 Å². The van der Waals surface area contributed by atoms with Crippen molar-refractivity contribution in [3.05, 3.63) is 35.4 Å². The Morgan fingerprint density at radius 1 is 1.14 bits per heavy atom. The van der Waals surface area contributed by atoms with Crippen molar-refractivity contribution in [3.63, 3.8) is 0 Å². The van der Waals surface area contributed by atoms with Crippen LogP contribution < -0.4 is 9.47 Å². The Kier molecular flexibility index (Phi) is 7.10. The number of aromatic nitrogens is 2. The van der Waals surface area contributed by atoms with Crippen LogP contribution in [0.3, 0.4) is 0 Å². The molecule has 0 spiro atoms. The van der Waals surface area contributed by atoms with E-state index in [1.165, 1.54) is 0 Å². The van der Waals surface area contributed by atoms with Crippen molar-refractivity contribution >= 4 is 11.6 Å². The fraction of sp³-hybridized carbons (Fsp3) is 0.524. The van der Waals surface area contributed by atoms with Gasteiger partial charge in [0.2, 0.25) is 5.88 Å². The molecule has 1 heterocycles. The van der Waals surface area contributed by atoms with Crippen molar-refractivity contribution in [2.75, 3.05) is 28.0 Å². The van der Waals surface area contributed by atoms with E-state index < -0.39 is 0 Å². The Hall–Kier alpha value is -1.89. The first-order valence-corrected chi connectivity index (χ1v) is 9.94. The molecule has 1 saturated carbocycles. The average Bonchev–Trinajstić information content (AvgIpc) is 2.68. The van der Waals surface area contributed by atoms with E-state index in [-0.39, 0.29) is 12.9 Å². The number of methoxy groups -OCH3 is 1. The van der Waals surface area contributed by atoms with Crippen molar-refractivity contribution < 1.29 is 14.2 Å². The van der Waals surface area contributed by atoms with Crippen LogP contribution in [0.1, 0.15) is 26.2 Å². The van der Waals surface area contributed by atoms with Gasteiger partial charge in [0.1, 0.15) is 11.9 Å². The van der Waals surface area contributed by atoms with Crippen LogP contribution in [0.2, 0.25) is 5.02 Å². The molecule has 3 atom stereocenters. The summed E-state index contributed by atoms with van der Waals surface area (Å²) in [5.41, 5.74) is 1.50. The molecule has 0 saturated heterocycles. The van der Waals surface area contributed by atoms with E-state index in [9.17, 15) is 0 Å². The van der Waals surface area contributed by atoms with Crippen molar-refractivity contribution in [1.29, 1.82) is 0 Å². The van der Waals surface area contributed by atoms with Gasteiger partial charge in [-0.1, -0.05) is 18.5 Å². The van der Waals surface area contributed by atoms with Crippen LogP contribution >= 0.6 is 11.6 Å². The molecule has 1 aliphatic carbocycles. The van der Waals surface area contributed by atoms with Crippen LogP contribution in [0, 0.1) is 5.92 Å². The summed E-state index contributed by atoms with van der Waals surface area (Å²) in [5.74, 6) is 1.83. The molecule has 2 aromatic rings. The highest BCUT2D eigenvalue weighted by Crippen LogP contribution is 2.33. The highest BCUT2D eigenvalue weighted by molar-refractivity contribution is 6.30. The molecule has 28 heavy (non-hydrogen) atoms. The van der Waals surface area contributed by atoms with Crippen LogP contribution in [0.15, 0.2) is 30.3 Å². The molecular formula is C21H28ClN3O3. The van der Waals surface area contributed by atoms with Crippen molar-refractivity contribution in [2.24, 2.45) is 5.92 Å². The summed E-state index contributed by atoms with van der Waals surface area (Å²) < 4.78 is 16.7. The standard InChI is InChI=1S/C21H28ClN3O3/c1-14-5-7-16(12-19(14)25(2)3)28-21-10-9-18(23-24-21)17-8-6-15(22)11-20(17)27-13-26-4/h6,8-11,14,16,19H,5,7,12-13H2,1-4H3/t14-,16+,19?/m0/s1. The fourth-order valence-electron chi connectivity index (χ4n) is 3.73. The minimum absolute atomic E-state index is 0.134. The predicted molar refractivity (Wildman–Crippen MR) is 110 cm³/mol. The smallest absolute Gasteiger partial charge is 0.233 e. The molecule has 0 N–H and O–H groups in total. The van der Waals surface area contributed by atoms with Gasteiger partial charge in [0, 0.05) is 36.2 Å². The SMILES string of the molecule is COCOc1cc(Cl)ccc1-c1ccc(O[C@@H]2CC[C@H](C)C(N(C)C)C2)nn1. The van der Waals surface area contributed by atoms with Crippen LogP contribution in [0.25, 0.3) is 11.3 Å². The lowest BCUT2D eigenvalue weighted by Crippen LogP contribution is -2.42. The Morgan fingerprint density at radius 2 is 1.96 bits per heavy atom. The molecule has 152 valence electrons. The topological polar surface area (TPSA) is 56.7 Å². The zero-order valence-corrected chi connectivity index (χ0v) is 17.6. The Bertz CT molecular complexity index is 770. The normalized spacial score (nSPS) is 22.3. The highest BCUT2D eigenvalue weighted by Gasteiger charge is 2.30. The minimum atomic E-state index is 0.134. The summed E-state index contributed by atoms with van der Waals surface area (Å²) in [6.07, 6.45) is 3.37. The van der Waals surface area contributed by atoms with Crippen LogP contribution in [0.5, 0.6) is 11.6 Å². The van der Waals surface area contributed by atoms with Gasteiger partial charge in [0.05, 0.1) is 5.69 Å². The zero-order valence-electron chi connectivity index (χ0n) is 16.9. The monoisotopic (exact) mass is 405 g/mol. The van der Waals surface area contributed by atoms with Gasteiger partial charge in [0.25, 0.3) is 0 Å². The first-order chi connectivity index (χ1) is 13.5. The summed E-state index contributed by atoms with van der Waals surface area (Å²) in [4.78, 5) is 2.29. The van der Waals surface area contributed by atoms with E-state index >= 15 is 0 Å². The summed E-state index contributed by atoms with van der Waals surface area (Å²) in [5, 5.41) is 9.20. The van der Waals surface area contributed by atoms with E-state index in [0.717, 1.165) is 24.8 Å². The summed E-state index contributed by atoms with van der Waals surface area (Å²) in [6.45, 7) is 2.44. The first kappa shape index (κ1) is 20.8. The second kappa shape index (κ2) is 9.54. The number of rotatable bonds is 7. The number of hydrogen-bond acceptors (Lipinski definition) is 6. The molecule has 6 nitrogen and oxygen atoms in total. The molecule has 3 rings (SSSR count). The predicted octanol–water partition coefficient (Wildman–Crippen LogP) is 4.28. The first-order valence-electron chi connectivity index (χ1n) is 9.56. The summed E-state index contributed by atoms with van der Waals surface area (Å²) in [7, 11) is 5.84. The van der Waals surface area contributed by atoms with E-state index in [2.05, 4.69) is 36.1 Å². The van der Waals surface area contributed by atoms with E-state index in [4.69, 9.17) is 25.8 Å². The maximum atomic E-state index is 6.12. The van der Waals surface area contributed by atoms with Crippen LogP contribution in [-0.4, -0.2) is 55.2 Å². The third-order valence-corrected chi connectivity index (χ3v) is 5.48. The molecule has 1 fully saturated rings. The van der Waals surface area contributed by atoms with Crippen LogP contribution in [-0.2, 0) is 4.74 Å². The average molecular weight is 406 g/mol. The van der Waals surface area contributed by atoms with Crippen molar-refractivity contribution in [2.45, 2.75) is 38.3 Å². The Morgan fingerprint density at radius 3 is 2.64 bits per heavy atom. The van der Waals surface area contributed by atoms with Gasteiger partial charge in [0.15, 0.2) is 6.79 Å². The second-order valence-electron chi connectivity index (χ2n) is 7.51. The van der Waals surface area contributed by atoms with E-state index in [0.29, 0.717) is 34.3 Å². The summed E-state index contributed by atoms with van der Waals surface area (Å²) >= 11 is 6.08. The van der Waals surface area contributed by atoms with Gasteiger partial charge in [-0.05, 0) is 57.1 Å². The molecular weight excluding hydrogens is 378 g/mol. The summed E-state index contributed by atoms with van der Waals surface area (Å²) in [6, 6.07) is 9.68. The fourth-order valence-corrected chi connectivity index (χ4v) is 3.90. The molecule has 0 aliphatic heterocycles. The largest absolute Gasteiger partial charge is 0.473 e. The lowest BCUT2D eigenvalue weighted by molar-refractivity contribution is 0.0515. The Balaban J connectivity index is 1.70. The lowest BCUT2D eigenvalue weighted by atomic mass is 9.83. The van der Waals surface area contributed by atoms with Crippen molar-refractivity contribution in [1.82, 2.24) is 15.1 Å². The van der Waals surface area contributed by atoms with Gasteiger partial charge in [-0.25, -0.2) is 0 Å². The minimum Gasteiger partial charge on any atom is -0.473 e. The van der Waals surface area contributed by atoms with Gasteiger partial charge >= 0.3 is 0 Å². The third-order valence-electron chi connectivity index (χ3n) is 5.25. The van der Waals surface area contributed by atoms with Crippen LogP contribution in [0.4, 0.5) is 0 Å². The van der Waals surface area contributed by atoms with Gasteiger partial charge in [-0.3, -0.25) is 0 Å². The third kappa shape index (κ3) is 5.13. The zero-order chi connectivity index (χ0) is 20.1. The van der Waals surface area contributed by atoms with Gasteiger partial charge < -0.3 is 19.1 Å². The van der Waals surface area contributed by atoms with Gasteiger partial charge in [-0.15, -0.1) is 10.2 Å². The second-order valence-corrected chi connectivity index (χ2v) is 7.95. The number of hydrogen-bond donors (Lipinski definition) is 0. The molecule has 1 aromatic heterocycles. The molecule has 0 amide bonds. The van der Waals surface area contributed by atoms with E-state index in [1.807, 2.05) is 18.2 Å². The highest BCUT2D eigenvalue weighted by atomic mass is 35.5. The molecule has 1 unspecified atom stereocenters. The van der Waals surface area contributed by atoms with E-state index in [1.54, 1.807) is 19.2 Å². The quantitative estimate of drug-likeness (QED) is 0.641. The number of benzene rings is 1. The number of nitrogens with zero attached hydrogens (tertiary/aromatic N) is 3. The number of ether oxygens (including phenoxy) is 3. The maximum Gasteiger partial charge on any atom is 0.233 e. The lowest BCUT2D eigenvalue weighted by Gasteiger charge is -2.37. The molecule has 0 radical (unpaired) electrons. The molecule has 7 heteroatoms. The molecule has 1 aliphatic rings. The maximum absolute atomic E-state index is 6.12. The Labute approximate surface area is 171 Å².